The third-order valence-electron chi connectivity index (χ3n) is 4.62. The van der Waals surface area contributed by atoms with Gasteiger partial charge in [-0.3, -0.25) is 0 Å². The van der Waals surface area contributed by atoms with Crippen molar-refractivity contribution in [1.82, 2.24) is 19.5 Å². The molecule has 0 radical (unpaired) electrons. The van der Waals surface area contributed by atoms with Crippen molar-refractivity contribution in [3.05, 3.63) is 29.3 Å². The number of methoxy groups -OCH3 is 2. The number of anilines is 2. The van der Waals surface area contributed by atoms with E-state index in [0.29, 0.717) is 28.0 Å². The highest BCUT2D eigenvalue weighted by Crippen LogP contribution is 2.38. The largest absolute Gasteiger partial charge is 0.495 e. The lowest BCUT2D eigenvalue weighted by atomic mass is 10.2. The van der Waals surface area contributed by atoms with Crippen molar-refractivity contribution in [2.45, 2.75) is 32.2 Å². The molecule has 0 atom stereocenters. The summed E-state index contributed by atoms with van der Waals surface area (Å²) in [6, 6.07) is 3.50. The SMILES string of the molecule is COc1cc(OC)c(Nc2ncnc3c2nc2n3CCCCC2)cc1Cl. The summed E-state index contributed by atoms with van der Waals surface area (Å²) in [4.78, 5) is 13.6. The molecule has 136 valence electrons. The summed E-state index contributed by atoms with van der Waals surface area (Å²) in [5.74, 6) is 2.87. The standard InChI is InChI=1S/C18H20ClN5O2/c1-25-13-9-14(26-2)12(8-11(13)19)22-17-16-18(21-10-20-17)24-7-5-3-4-6-15(24)23-16/h8-10H,3-7H2,1-2H3,(H,20,21,22). The van der Waals surface area contributed by atoms with E-state index in [1.165, 1.54) is 6.42 Å². The van der Waals surface area contributed by atoms with Gasteiger partial charge >= 0.3 is 0 Å². The highest BCUT2D eigenvalue weighted by Gasteiger charge is 2.19. The monoisotopic (exact) mass is 373 g/mol. The molecule has 8 heteroatoms. The molecule has 0 saturated heterocycles. The van der Waals surface area contributed by atoms with E-state index in [9.17, 15) is 0 Å². The lowest BCUT2D eigenvalue weighted by Gasteiger charge is -2.13. The second kappa shape index (κ2) is 6.99. The number of nitrogens with zero attached hydrogens (tertiary/aromatic N) is 4. The Hall–Kier alpha value is -2.54. The van der Waals surface area contributed by atoms with Crippen molar-refractivity contribution in [3.63, 3.8) is 0 Å². The predicted octanol–water partition coefficient (Wildman–Crippen LogP) is 3.97. The van der Waals surface area contributed by atoms with Gasteiger partial charge in [-0.05, 0) is 18.9 Å². The summed E-state index contributed by atoms with van der Waals surface area (Å²) >= 11 is 6.27. The minimum atomic E-state index is 0.488. The first-order valence-electron chi connectivity index (χ1n) is 8.60. The van der Waals surface area contributed by atoms with Gasteiger partial charge in [-0.2, -0.15) is 0 Å². The number of hydrogen-bond acceptors (Lipinski definition) is 6. The van der Waals surface area contributed by atoms with Crippen molar-refractivity contribution in [1.29, 1.82) is 0 Å². The van der Waals surface area contributed by atoms with Gasteiger partial charge in [-0.1, -0.05) is 18.0 Å². The van der Waals surface area contributed by atoms with Crippen molar-refractivity contribution in [2.75, 3.05) is 19.5 Å². The third-order valence-corrected chi connectivity index (χ3v) is 4.92. The summed E-state index contributed by atoms with van der Waals surface area (Å²) < 4.78 is 12.9. The van der Waals surface area contributed by atoms with Crippen LogP contribution in [-0.4, -0.2) is 33.7 Å². The molecule has 0 fully saturated rings. The maximum atomic E-state index is 6.27. The lowest BCUT2D eigenvalue weighted by molar-refractivity contribution is 0.396. The third kappa shape index (κ3) is 2.92. The maximum Gasteiger partial charge on any atom is 0.165 e. The Bertz CT molecular complexity index is 956. The Morgan fingerprint density at radius 2 is 1.92 bits per heavy atom. The molecule has 4 rings (SSSR count). The van der Waals surface area contributed by atoms with Gasteiger partial charge in [-0.15, -0.1) is 0 Å². The second-order valence-corrected chi connectivity index (χ2v) is 6.60. The minimum absolute atomic E-state index is 0.488. The van der Waals surface area contributed by atoms with Crippen LogP contribution in [0.25, 0.3) is 11.2 Å². The highest BCUT2D eigenvalue weighted by molar-refractivity contribution is 6.32. The lowest BCUT2D eigenvalue weighted by Crippen LogP contribution is -2.02. The number of ether oxygens (including phenoxy) is 2. The van der Waals surface area contributed by atoms with Crippen LogP contribution in [0.3, 0.4) is 0 Å². The molecule has 26 heavy (non-hydrogen) atoms. The van der Waals surface area contributed by atoms with Gasteiger partial charge < -0.3 is 19.4 Å². The number of rotatable bonds is 4. The zero-order chi connectivity index (χ0) is 18.1. The predicted molar refractivity (Wildman–Crippen MR) is 101 cm³/mol. The number of imidazole rings is 1. The zero-order valence-electron chi connectivity index (χ0n) is 14.8. The van der Waals surface area contributed by atoms with E-state index in [0.717, 1.165) is 42.8 Å². The molecular formula is C18H20ClN5O2. The Balaban J connectivity index is 1.78. The molecule has 2 aromatic heterocycles. The average Bonchev–Trinajstić information content (AvgIpc) is 2.84. The molecule has 0 amide bonds. The topological polar surface area (TPSA) is 74.1 Å². The minimum Gasteiger partial charge on any atom is -0.495 e. The van der Waals surface area contributed by atoms with E-state index in [1.54, 1.807) is 32.7 Å². The molecule has 0 unspecified atom stereocenters. The summed E-state index contributed by atoms with van der Waals surface area (Å²) in [6.45, 7) is 0.944. The molecule has 1 N–H and O–H groups in total. The molecule has 1 aromatic carbocycles. The van der Waals surface area contributed by atoms with Crippen LogP contribution in [0.5, 0.6) is 11.5 Å². The molecule has 0 spiro atoms. The van der Waals surface area contributed by atoms with E-state index in [2.05, 4.69) is 19.9 Å². The van der Waals surface area contributed by atoms with Crippen LogP contribution in [0.15, 0.2) is 18.5 Å². The van der Waals surface area contributed by atoms with Crippen LogP contribution in [0.4, 0.5) is 11.5 Å². The molecule has 1 aliphatic heterocycles. The fourth-order valence-electron chi connectivity index (χ4n) is 3.31. The van der Waals surface area contributed by atoms with Gasteiger partial charge in [0.1, 0.15) is 23.7 Å². The molecule has 0 aliphatic carbocycles. The second-order valence-electron chi connectivity index (χ2n) is 6.20. The van der Waals surface area contributed by atoms with Crippen LogP contribution < -0.4 is 14.8 Å². The zero-order valence-corrected chi connectivity index (χ0v) is 15.5. The quantitative estimate of drug-likeness (QED) is 0.746. The Kier molecular flexibility index (Phi) is 4.55. The normalized spacial score (nSPS) is 14.0. The van der Waals surface area contributed by atoms with Crippen molar-refractivity contribution in [3.8, 4) is 11.5 Å². The van der Waals surface area contributed by atoms with Gasteiger partial charge in [0, 0.05) is 19.0 Å². The molecular weight excluding hydrogens is 354 g/mol. The summed E-state index contributed by atoms with van der Waals surface area (Å²) in [6.07, 6.45) is 6.05. The number of hydrogen-bond donors (Lipinski definition) is 1. The van der Waals surface area contributed by atoms with E-state index in [-0.39, 0.29) is 0 Å². The summed E-state index contributed by atoms with van der Waals surface area (Å²) in [7, 11) is 3.17. The highest BCUT2D eigenvalue weighted by atomic mass is 35.5. The first-order chi connectivity index (χ1) is 12.7. The van der Waals surface area contributed by atoms with Gasteiger partial charge in [-0.25, -0.2) is 15.0 Å². The Labute approximate surface area is 156 Å². The summed E-state index contributed by atoms with van der Waals surface area (Å²) in [5.41, 5.74) is 2.32. The average molecular weight is 374 g/mol. The van der Waals surface area contributed by atoms with Gasteiger partial charge in [0.25, 0.3) is 0 Å². The molecule has 0 saturated carbocycles. The molecule has 0 bridgehead atoms. The maximum absolute atomic E-state index is 6.27. The number of fused-ring (bicyclic) bond motifs is 3. The van der Waals surface area contributed by atoms with E-state index in [1.807, 2.05) is 0 Å². The molecule has 3 aromatic rings. The van der Waals surface area contributed by atoms with Crippen molar-refractivity contribution < 1.29 is 9.47 Å². The van der Waals surface area contributed by atoms with Crippen LogP contribution in [0, 0.1) is 0 Å². The molecule has 3 heterocycles. The number of nitrogens with one attached hydrogen (secondary N) is 1. The van der Waals surface area contributed by atoms with Crippen LogP contribution in [-0.2, 0) is 13.0 Å². The van der Waals surface area contributed by atoms with E-state index >= 15 is 0 Å². The van der Waals surface area contributed by atoms with Crippen LogP contribution >= 0.6 is 11.6 Å². The van der Waals surface area contributed by atoms with Crippen LogP contribution in [0.1, 0.15) is 25.1 Å². The van der Waals surface area contributed by atoms with Crippen molar-refractivity contribution >= 4 is 34.3 Å². The fraction of sp³-hybridized carbons (Fsp3) is 0.389. The Morgan fingerprint density at radius 3 is 2.73 bits per heavy atom. The Morgan fingerprint density at radius 1 is 1.08 bits per heavy atom. The number of aromatic nitrogens is 4. The van der Waals surface area contributed by atoms with Crippen molar-refractivity contribution in [2.24, 2.45) is 0 Å². The number of aryl methyl sites for hydroxylation is 2. The number of benzene rings is 1. The fourth-order valence-corrected chi connectivity index (χ4v) is 3.55. The van der Waals surface area contributed by atoms with Crippen LogP contribution in [0.2, 0.25) is 5.02 Å². The number of halogens is 1. The molecule has 7 nitrogen and oxygen atoms in total. The van der Waals surface area contributed by atoms with Gasteiger partial charge in [0.05, 0.1) is 24.9 Å². The molecule has 1 aliphatic rings. The van der Waals surface area contributed by atoms with Gasteiger partial charge in [0.2, 0.25) is 0 Å². The first kappa shape index (κ1) is 16.9. The first-order valence-corrected chi connectivity index (χ1v) is 8.97. The van der Waals surface area contributed by atoms with E-state index < -0.39 is 0 Å². The summed E-state index contributed by atoms with van der Waals surface area (Å²) in [5, 5.41) is 3.78. The van der Waals surface area contributed by atoms with E-state index in [4.69, 9.17) is 26.1 Å². The smallest absolute Gasteiger partial charge is 0.165 e. The van der Waals surface area contributed by atoms with Gasteiger partial charge in [0.15, 0.2) is 17.0 Å².